The van der Waals surface area contributed by atoms with Gasteiger partial charge in [0, 0.05) is 12.1 Å². The van der Waals surface area contributed by atoms with E-state index >= 15 is 0 Å². The first kappa shape index (κ1) is 16.6. The van der Waals surface area contributed by atoms with Crippen LogP contribution in [-0.4, -0.2) is 13.4 Å². The zero-order valence-corrected chi connectivity index (χ0v) is 15.1. The first-order valence-corrected chi connectivity index (χ1v) is 9.44. The molecule has 0 saturated carbocycles. The number of thiocarbonyl (C=S) groups is 1. The quantitative estimate of drug-likeness (QED) is 0.751. The number of nitrogens with one attached hydrogen (secondary N) is 1. The molecule has 1 heterocycles. The largest absolute Gasteiger partial charge is 0.389 e. The van der Waals surface area contributed by atoms with Gasteiger partial charge in [-0.2, -0.15) is 0 Å². The van der Waals surface area contributed by atoms with Gasteiger partial charge in [0.1, 0.15) is 9.20 Å². The second-order valence-electron chi connectivity index (χ2n) is 4.41. The van der Waals surface area contributed by atoms with Gasteiger partial charge in [0.05, 0.1) is 3.79 Å². The maximum Gasteiger partial charge on any atom is 0.250 e. The molecule has 0 amide bonds. The number of hydrogen-bond acceptors (Lipinski definition) is 4. The van der Waals surface area contributed by atoms with Crippen molar-refractivity contribution in [3.05, 3.63) is 50.8 Å². The van der Waals surface area contributed by atoms with Crippen LogP contribution in [0.15, 0.2) is 38.3 Å². The molecule has 1 aromatic carbocycles. The van der Waals surface area contributed by atoms with Gasteiger partial charge in [0.15, 0.2) is 0 Å². The van der Waals surface area contributed by atoms with Gasteiger partial charge in [-0.1, -0.05) is 36.5 Å². The predicted octanol–water partition coefficient (Wildman–Crippen LogP) is 2.93. The van der Waals surface area contributed by atoms with Crippen molar-refractivity contribution in [2.24, 2.45) is 5.73 Å². The van der Waals surface area contributed by atoms with E-state index < -0.39 is 10.0 Å². The monoisotopic (exact) mass is 404 g/mol. The summed E-state index contributed by atoms with van der Waals surface area (Å²) in [7, 11) is -3.50. The minimum Gasteiger partial charge on any atom is -0.389 e. The Balaban J connectivity index is 2.09. The Morgan fingerprint density at radius 1 is 1.38 bits per heavy atom. The Hall–Kier alpha value is -0.800. The van der Waals surface area contributed by atoms with Crippen LogP contribution in [0.25, 0.3) is 0 Å². The third kappa shape index (κ3) is 4.10. The maximum atomic E-state index is 12.2. The Morgan fingerprint density at radius 2 is 2.00 bits per heavy atom. The molecule has 0 aliphatic heterocycles. The molecular formula is C13H13BrN2O2S3. The van der Waals surface area contributed by atoms with E-state index in [1.165, 1.54) is 11.3 Å². The molecule has 0 unspecified atom stereocenters. The lowest BCUT2D eigenvalue weighted by Crippen LogP contribution is -2.22. The molecule has 8 heteroatoms. The Morgan fingerprint density at radius 3 is 2.48 bits per heavy atom. The van der Waals surface area contributed by atoms with Gasteiger partial charge >= 0.3 is 0 Å². The molecule has 0 bridgehead atoms. The SMILES string of the molecule is Cc1cc(S(=O)(=O)NCc2ccc(C(N)=S)cc2)sc1Br. The topological polar surface area (TPSA) is 72.2 Å². The van der Waals surface area contributed by atoms with Crippen molar-refractivity contribution in [1.29, 1.82) is 0 Å². The number of hydrogen-bond donors (Lipinski definition) is 2. The van der Waals surface area contributed by atoms with Gasteiger partial charge in [0.25, 0.3) is 0 Å². The van der Waals surface area contributed by atoms with Crippen LogP contribution in [-0.2, 0) is 16.6 Å². The van der Waals surface area contributed by atoms with E-state index in [0.717, 1.165) is 20.5 Å². The molecule has 0 aliphatic carbocycles. The fourth-order valence-electron chi connectivity index (χ4n) is 1.60. The fraction of sp³-hybridized carbons (Fsp3) is 0.154. The Bertz CT molecular complexity index is 748. The fourth-order valence-corrected chi connectivity index (χ4v) is 5.02. The molecule has 2 aromatic rings. The van der Waals surface area contributed by atoms with Crippen LogP contribution in [0.2, 0.25) is 0 Å². The smallest absolute Gasteiger partial charge is 0.250 e. The highest BCUT2D eigenvalue weighted by Gasteiger charge is 2.17. The molecule has 0 spiro atoms. The molecule has 21 heavy (non-hydrogen) atoms. The third-order valence-corrected chi connectivity index (χ3v) is 7.05. The van der Waals surface area contributed by atoms with E-state index in [1.807, 2.05) is 6.92 Å². The highest BCUT2D eigenvalue weighted by Crippen LogP contribution is 2.30. The van der Waals surface area contributed by atoms with Crippen LogP contribution in [0.3, 0.4) is 0 Å². The number of aryl methyl sites for hydroxylation is 1. The summed E-state index contributed by atoms with van der Waals surface area (Å²) in [6.45, 7) is 2.07. The number of nitrogens with two attached hydrogens (primary N) is 1. The molecule has 0 fully saturated rings. The molecule has 0 atom stereocenters. The number of rotatable bonds is 5. The highest BCUT2D eigenvalue weighted by molar-refractivity contribution is 9.11. The van der Waals surface area contributed by atoms with E-state index in [4.69, 9.17) is 18.0 Å². The minimum absolute atomic E-state index is 0.217. The van der Waals surface area contributed by atoms with E-state index in [2.05, 4.69) is 20.7 Å². The highest BCUT2D eigenvalue weighted by atomic mass is 79.9. The average molecular weight is 405 g/mol. The molecule has 112 valence electrons. The van der Waals surface area contributed by atoms with Crippen LogP contribution >= 0.6 is 39.5 Å². The minimum atomic E-state index is -3.50. The van der Waals surface area contributed by atoms with E-state index in [0.29, 0.717) is 9.20 Å². The van der Waals surface area contributed by atoms with Gasteiger partial charge in [-0.3, -0.25) is 0 Å². The summed E-state index contributed by atoms with van der Waals surface area (Å²) in [5.41, 5.74) is 8.02. The summed E-state index contributed by atoms with van der Waals surface area (Å²) in [6, 6.07) is 8.79. The van der Waals surface area contributed by atoms with Crippen molar-refractivity contribution in [2.45, 2.75) is 17.7 Å². The van der Waals surface area contributed by atoms with Crippen molar-refractivity contribution in [1.82, 2.24) is 4.72 Å². The second kappa shape index (κ2) is 6.53. The first-order chi connectivity index (χ1) is 9.79. The molecule has 0 saturated heterocycles. The van der Waals surface area contributed by atoms with Crippen molar-refractivity contribution in [3.63, 3.8) is 0 Å². The lowest BCUT2D eigenvalue weighted by molar-refractivity contribution is 0.583. The number of sulfonamides is 1. The molecule has 4 nitrogen and oxygen atoms in total. The third-order valence-electron chi connectivity index (χ3n) is 2.80. The van der Waals surface area contributed by atoms with E-state index in [9.17, 15) is 8.42 Å². The zero-order chi connectivity index (χ0) is 15.6. The van der Waals surface area contributed by atoms with Crippen LogP contribution in [0.1, 0.15) is 16.7 Å². The Labute approximate surface area is 141 Å². The van der Waals surface area contributed by atoms with Crippen LogP contribution in [0.4, 0.5) is 0 Å². The summed E-state index contributed by atoms with van der Waals surface area (Å²) in [4.78, 5) is 0.320. The summed E-state index contributed by atoms with van der Waals surface area (Å²) >= 11 is 9.39. The van der Waals surface area contributed by atoms with E-state index in [1.54, 1.807) is 30.3 Å². The van der Waals surface area contributed by atoms with Crippen molar-refractivity contribution in [2.75, 3.05) is 0 Å². The first-order valence-electron chi connectivity index (χ1n) is 5.94. The second-order valence-corrected chi connectivity index (χ2v) is 9.21. The van der Waals surface area contributed by atoms with Gasteiger partial charge in [-0.15, -0.1) is 11.3 Å². The van der Waals surface area contributed by atoms with Gasteiger partial charge < -0.3 is 5.73 Å². The van der Waals surface area contributed by atoms with Gasteiger partial charge in [-0.05, 0) is 40.0 Å². The van der Waals surface area contributed by atoms with Crippen molar-refractivity contribution >= 4 is 54.5 Å². The van der Waals surface area contributed by atoms with Crippen LogP contribution in [0, 0.1) is 6.92 Å². The van der Waals surface area contributed by atoms with Gasteiger partial charge in [0.2, 0.25) is 10.0 Å². The van der Waals surface area contributed by atoms with Crippen molar-refractivity contribution < 1.29 is 8.42 Å². The average Bonchev–Trinajstić information content (AvgIpc) is 2.78. The van der Waals surface area contributed by atoms with Crippen molar-refractivity contribution in [3.8, 4) is 0 Å². The number of benzene rings is 1. The summed E-state index contributed by atoms with van der Waals surface area (Å²) in [5, 5.41) is 0. The Kier molecular flexibility index (Phi) is 5.15. The molecule has 3 N–H and O–H groups in total. The molecule has 2 rings (SSSR count). The maximum absolute atomic E-state index is 12.2. The lowest BCUT2D eigenvalue weighted by atomic mass is 10.1. The summed E-state index contributed by atoms with van der Waals surface area (Å²) in [5.74, 6) is 0. The van der Waals surface area contributed by atoms with E-state index in [-0.39, 0.29) is 6.54 Å². The summed E-state index contributed by atoms with van der Waals surface area (Å²) in [6.07, 6.45) is 0. The standard InChI is InChI=1S/C13H13BrN2O2S3/c1-8-6-11(20-12(8)14)21(17,18)16-7-9-2-4-10(5-3-9)13(15)19/h2-6,16H,7H2,1H3,(H2,15,19). The van der Waals surface area contributed by atoms with Gasteiger partial charge in [-0.25, -0.2) is 13.1 Å². The zero-order valence-electron chi connectivity index (χ0n) is 11.1. The molecule has 1 aromatic heterocycles. The normalized spacial score (nSPS) is 11.5. The molecule has 0 aliphatic rings. The lowest BCUT2D eigenvalue weighted by Gasteiger charge is -2.06. The number of halogens is 1. The molecule has 0 radical (unpaired) electrons. The number of thiophene rings is 1. The van der Waals surface area contributed by atoms with Crippen LogP contribution in [0.5, 0.6) is 0 Å². The van der Waals surface area contributed by atoms with Crippen LogP contribution < -0.4 is 10.5 Å². The summed E-state index contributed by atoms with van der Waals surface area (Å²) < 4.78 is 28.1. The molecular weight excluding hydrogens is 392 g/mol. The predicted molar refractivity (Wildman–Crippen MR) is 93.1 cm³/mol.